The molecule has 0 amide bonds. The van der Waals surface area contributed by atoms with Crippen molar-refractivity contribution in [3.05, 3.63) is 21.9 Å². The van der Waals surface area contributed by atoms with E-state index >= 15 is 0 Å². The van der Waals surface area contributed by atoms with Gasteiger partial charge in [0.2, 0.25) is 0 Å². The molecule has 0 saturated carbocycles. The first-order valence-corrected chi connectivity index (χ1v) is 6.28. The van der Waals surface area contributed by atoms with Crippen molar-refractivity contribution in [3.63, 3.8) is 0 Å². The van der Waals surface area contributed by atoms with Gasteiger partial charge >= 0.3 is 0 Å². The fraction of sp³-hybridized carbons (Fsp3) is 0.300. The summed E-state index contributed by atoms with van der Waals surface area (Å²) < 4.78 is 13.8. The summed E-state index contributed by atoms with van der Waals surface area (Å²) >= 11 is 4.76. The van der Waals surface area contributed by atoms with E-state index in [1.807, 2.05) is 6.92 Å². The van der Waals surface area contributed by atoms with Crippen LogP contribution in [-0.4, -0.2) is 18.1 Å². The Hall–Kier alpha value is -0.550. The van der Waals surface area contributed by atoms with Crippen LogP contribution >= 0.6 is 27.7 Å². The Morgan fingerprint density at radius 3 is 3.13 bits per heavy atom. The lowest BCUT2D eigenvalue weighted by Gasteiger charge is -2.25. The fourth-order valence-corrected chi connectivity index (χ4v) is 3.20. The second kappa shape index (κ2) is 4.14. The number of aldehydes is 1. The number of hydrogen-bond donors (Lipinski definition) is 1. The molecule has 0 spiro atoms. The third-order valence-electron chi connectivity index (χ3n) is 2.20. The van der Waals surface area contributed by atoms with Gasteiger partial charge in [0.05, 0.1) is 10.2 Å². The summed E-state index contributed by atoms with van der Waals surface area (Å²) in [4.78, 5) is 11.6. The van der Waals surface area contributed by atoms with E-state index in [0.29, 0.717) is 22.4 Å². The van der Waals surface area contributed by atoms with Crippen LogP contribution in [0.3, 0.4) is 0 Å². The maximum absolute atomic E-state index is 13.4. The maximum Gasteiger partial charge on any atom is 0.152 e. The Bertz CT molecular complexity index is 424. The van der Waals surface area contributed by atoms with Crippen LogP contribution in [-0.2, 0) is 0 Å². The van der Waals surface area contributed by atoms with Gasteiger partial charge in [0, 0.05) is 22.3 Å². The highest BCUT2D eigenvalue weighted by Crippen LogP contribution is 2.41. The van der Waals surface area contributed by atoms with Gasteiger partial charge in [0.25, 0.3) is 0 Å². The molecule has 1 aliphatic heterocycles. The van der Waals surface area contributed by atoms with E-state index < -0.39 is 0 Å². The minimum atomic E-state index is -0.389. The van der Waals surface area contributed by atoms with Crippen LogP contribution in [0.4, 0.5) is 10.1 Å². The molecule has 0 fully saturated rings. The highest BCUT2D eigenvalue weighted by Gasteiger charge is 2.22. The first-order chi connectivity index (χ1) is 7.13. The zero-order valence-electron chi connectivity index (χ0n) is 8.01. The molecule has 1 N–H and O–H groups in total. The van der Waals surface area contributed by atoms with E-state index in [-0.39, 0.29) is 5.82 Å². The molecule has 80 valence electrons. The molecule has 1 aliphatic rings. The molecule has 1 heterocycles. The molecule has 2 rings (SSSR count). The van der Waals surface area contributed by atoms with Crippen LogP contribution in [0.1, 0.15) is 17.3 Å². The lowest BCUT2D eigenvalue weighted by Crippen LogP contribution is -2.23. The van der Waals surface area contributed by atoms with Crippen molar-refractivity contribution in [2.45, 2.75) is 17.9 Å². The topological polar surface area (TPSA) is 29.1 Å². The minimum Gasteiger partial charge on any atom is -0.380 e. The summed E-state index contributed by atoms with van der Waals surface area (Å²) in [7, 11) is 0. The molecule has 0 radical (unpaired) electrons. The van der Waals surface area contributed by atoms with Crippen LogP contribution in [0, 0.1) is 5.82 Å². The average molecular weight is 290 g/mol. The number of thioether (sulfide) groups is 1. The van der Waals surface area contributed by atoms with Crippen molar-refractivity contribution < 1.29 is 9.18 Å². The molecule has 0 aromatic heterocycles. The predicted octanol–water partition coefficient (Wildman–Crippen LogP) is 3.31. The molecule has 5 heteroatoms. The molecule has 0 bridgehead atoms. The molecule has 1 aromatic rings. The zero-order chi connectivity index (χ0) is 11.0. The summed E-state index contributed by atoms with van der Waals surface area (Å²) in [5, 5.41) is 3.20. The third kappa shape index (κ3) is 1.90. The standard InChI is InChI=1S/C10H9BrFNOS/c1-5-4-15-10-8(11)7(12)2-6(3-14)9(10)13-5/h2-3,5,13H,4H2,1H3. The first kappa shape index (κ1) is 11.0. The van der Waals surface area contributed by atoms with Gasteiger partial charge in [-0.3, -0.25) is 4.79 Å². The van der Waals surface area contributed by atoms with Crippen molar-refractivity contribution in [1.29, 1.82) is 0 Å². The summed E-state index contributed by atoms with van der Waals surface area (Å²) in [6, 6.07) is 1.54. The summed E-state index contributed by atoms with van der Waals surface area (Å²) in [5.41, 5.74) is 1.12. The lowest BCUT2D eigenvalue weighted by atomic mass is 10.1. The van der Waals surface area contributed by atoms with E-state index in [1.165, 1.54) is 6.07 Å². The highest BCUT2D eigenvalue weighted by molar-refractivity contribution is 9.10. The Balaban J connectivity index is 2.61. The number of halogens is 2. The second-order valence-electron chi connectivity index (χ2n) is 3.44. The summed E-state index contributed by atoms with van der Waals surface area (Å²) in [6.07, 6.45) is 0.681. The van der Waals surface area contributed by atoms with E-state index in [2.05, 4.69) is 21.2 Å². The number of benzene rings is 1. The minimum absolute atomic E-state index is 0.290. The normalized spacial score (nSPS) is 19.3. The maximum atomic E-state index is 13.4. The van der Waals surface area contributed by atoms with Crippen LogP contribution in [0.25, 0.3) is 0 Å². The molecule has 0 saturated heterocycles. The number of fused-ring (bicyclic) bond motifs is 1. The van der Waals surface area contributed by atoms with Gasteiger partial charge in [0.1, 0.15) is 5.82 Å². The molecule has 1 aromatic carbocycles. The molecule has 2 nitrogen and oxygen atoms in total. The Morgan fingerprint density at radius 2 is 2.47 bits per heavy atom. The van der Waals surface area contributed by atoms with E-state index in [0.717, 1.165) is 16.3 Å². The predicted molar refractivity (Wildman–Crippen MR) is 63.3 cm³/mol. The Labute approximate surface area is 99.8 Å². The first-order valence-electron chi connectivity index (χ1n) is 4.50. The zero-order valence-corrected chi connectivity index (χ0v) is 10.4. The van der Waals surface area contributed by atoms with Gasteiger partial charge < -0.3 is 5.32 Å². The molecular formula is C10H9BrFNOS. The Kier molecular flexibility index (Phi) is 3.02. The summed E-state index contributed by atoms with van der Waals surface area (Å²) in [6.45, 7) is 2.03. The number of carbonyl (C=O) groups is 1. The number of carbonyl (C=O) groups excluding carboxylic acids is 1. The van der Waals surface area contributed by atoms with Crippen molar-refractivity contribution in [2.24, 2.45) is 0 Å². The van der Waals surface area contributed by atoms with Gasteiger partial charge in [-0.05, 0) is 28.9 Å². The molecular weight excluding hydrogens is 281 g/mol. The average Bonchev–Trinajstić information content (AvgIpc) is 2.23. The van der Waals surface area contributed by atoms with Gasteiger partial charge in [-0.15, -0.1) is 11.8 Å². The fourth-order valence-electron chi connectivity index (χ4n) is 1.50. The number of rotatable bonds is 1. The molecule has 15 heavy (non-hydrogen) atoms. The van der Waals surface area contributed by atoms with Gasteiger partial charge in [-0.25, -0.2) is 4.39 Å². The van der Waals surface area contributed by atoms with Crippen LogP contribution in [0.2, 0.25) is 0 Å². The second-order valence-corrected chi connectivity index (χ2v) is 5.26. The lowest BCUT2D eigenvalue weighted by molar-refractivity contribution is 0.112. The van der Waals surface area contributed by atoms with Crippen molar-refractivity contribution in [2.75, 3.05) is 11.1 Å². The van der Waals surface area contributed by atoms with Crippen molar-refractivity contribution in [3.8, 4) is 0 Å². The Morgan fingerprint density at radius 1 is 1.73 bits per heavy atom. The number of nitrogens with one attached hydrogen (secondary N) is 1. The van der Waals surface area contributed by atoms with Gasteiger partial charge in [-0.1, -0.05) is 0 Å². The SMILES string of the molecule is CC1CSc2c(Br)c(F)cc(C=O)c2N1. The number of anilines is 1. The molecule has 1 unspecified atom stereocenters. The van der Waals surface area contributed by atoms with E-state index in [4.69, 9.17) is 0 Å². The van der Waals surface area contributed by atoms with Crippen molar-refractivity contribution in [1.82, 2.24) is 0 Å². The van der Waals surface area contributed by atoms with Crippen molar-refractivity contribution >= 4 is 39.7 Å². The third-order valence-corrected chi connectivity index (χ3v) is 4.60. The highest BCUT2D eigenvalue weighted by atomic mass is 79.9. The quantitative estimate of drug-likeness (QED) is 0.805. The molecule has 0 aliphatic carbocycles. The van der Waals surface area contributed by atoms with Crippen LogP contribution < -0.4 is 5.32 Å². The monoisotopic (exact) mass is 289 g/mol. The largest absolute Gasteiger partial charge is 0.380 e. The smallest absolute Gasteiger partial charge is 0.152 e. The van der Waals surface area contributed by atoms with E-state index in [9.17, 15) is 9.18 Å². The number of hydrogen-bond acceptors (Lipinski definition) is 3. The van der Waals surface area contributed by atoms with Crippen LogP contribution in [0.15, 0.2) is 15.4 Å². The van der Waals surface area contributed by atoms with Crippen LogP contribution in [0.5, 0.6) is 0 Å². The molecule has 1 atom stereocenters. The van der Waals surface area contributed by atoms with E-state index in [1.54, 1.807) is 11.8 Å². The van der Waals surface area contributed by atoms with Gasteiger partial charge in [0.15, 0.2) is 6.29 Å². The summed E-state index contributed by atoms with van der Waals surface area (Å²) in [5.74, 6) is 0.479. The van der Waals surface area contributed by atoms with Gasteiger partial charge in [-0.2, -0.15) is 0 Å².